The third-order valence-corrected chi connectivity index (χ3v) is 3.69. The lowest BCUT2D eigenvalue weighted by molar-refractivity contribution is 0.601. The predicted molar refractivity (Wildman–Crippen MR) is 60.8 cm³/mol. The van der Waals surface area contributed by atoms with Gasteiger partial charge in [-0.1, -0.05) is 23.7 Å². The molecule has 1 aromatic carbocycles. The number of aromatic amines is 1. The molecule has 7 heteroatoms. The predicted octanol–water partition coefficient (Wildman–Crippen LogP) is 1.86. The van der Waals surface area contributed by atoms with Gasteiger partial charge >= 0.3 is 0 Å². The number of nitrogens with zero attached hydrogens (tertiary/aromatic N) is 1. The smallest absolute Gasteiger partial charge is 0.265 e. The second-order valence-corrected chi connectivity index (χ2v) is 5.03. The van der Waals surface area contributed by atoms with E-state index < -0.39 is 10.0 Å². The Morgan fingerprint density at radius 1 is 1.31 bits per heavy atom. The second-order valence-electron chi connectivity index (χ2n) is 2.97. The number of halogens is 1. The minimum Gasteiger partial charge on any atom is -0.330 e. The number of aromatic nitrogens is 2. The van der Waals surface area contributed by atoms with Crippen LogP contribution < -0.4 is 4.72 Å². The zero-order chi connectivity index (χ0) is 11.6. The van der Waals surface area contributed by atoms with Crippen LogP contribution in [0.4, 0.5) is 5.95 Å². The molecule has 0 saturated carbocycles. The average Bonchev–Trinajstić information content (AvgIpc) is 2.70. The van der Waals surface area contributed by atoms with Crippen molar-refractivity contribution in [2.75, 3.05) is 4.72 Å². The molecule has 0 aliphatic carbocycles. The van der Waals surface area contributed by atoms with Gasteiger partial charge in [0.1, 0.15) is 4.90 Å². The maximum Gasteiger partial charge on any atom is 0.265 e. The Bertz CT molecular complexity index is 581. The standard InChI is InChI=1S/C9H8ClN3O2S/c10-7-3-1-2-4-8(7)16(14,15)13-9-11-5-6-12-9/h1-6H,(H2,11,12,13). The Kier molecular flexibility index (Phi) is 2.84. The third-order valence-electron chi connectivity index (χ3n) is 1.86. The molecule has 16 heavy (non-hydrogen) atoms. The van der Waals surface area contributed by atoms with E-state index >= 15 is 0 Å². The topological polar surface area (TPSA) is 74.8 Å². The molecule has 2 N–H and O–H groups in total. The molecule has 0 amide bonds. The molecule has 0 bridgehead atoms. The van der Waals surface area contributed by atoms with Crippen LogP contribution in [0.3, 0.4) is 0 Å². The molecule has 84 valence electrons. The first-order valence-electron chi connectivity index (χ1n) is 4.36. The molecule has 2 aromatic rings. The summed E-state index contributed by atoms with van der Waals surface area (Å²) in [5.41, 5.74) is 0. The van der Waals surface area contributed by atoms with Crippen LogP contribution in [-0.2, 0) is 10.0 Å². The zero-order valence-electron chi connectivity index (χ0n) is 8.01. The largest absolute Gasteiger partial charge is 0.330 e. The molecule has 0 fully saturated rings. The van der Waals surface area contributed by atoms with Gasteiger partial charge in [-0.3, -0.25) is 0 Å². The van der Waals surface area contributed by atoms with E-state index in [-0.39, 0.29) is 15.9 Å². The van der Waals surface area contributed by atoms with Crippen molar-refractivity contribution < 1.29 is 8.42 Å². The Morgan fingerprint density at radius 3 is 2.69 bits per heavy atom. The fourth-order valence-electron chi connectivity index (χ4n) is 1.17. The van der Waals surface area contributed by atoms with E-state index in [1.807, 2.05) is 0 Å². The first kappa shape index (κ1) is 11.0. The van der Waals surface area contributed by atoms with E-state index in [0.29, 0.717) is 0 Å². The average molecular weight is 258 g/mol. The fraction of sp³-hybridized carbons (Fsp3) is 0. The first-order valence-corrected chi connectivity index (χ1v) is 6.22. The van der Waals surface area contributed by atoms with E-state index in [1.54, 1.807) is 12.1 Å². The maximum absolute atomic E-state index is 11.9. The van der Waals surface area contributed by atoms with Crippen LogP contribution in [-0.4, -0.2) is 18.4 Å². The zero-order valence-corrected chi connectivity index (χ0v) is 9.59. The normalized spacial score (nSPS) is 11.3. The highest BCUT2D eigenvalue weighted by molar-refractivity contribution is 7.92. The summed E-state index contributed by atoms with van der Waals surface area (Å²) in [5, 5.41) is 0.168. The highest BCUT2D eigenvalue weighted by Gasteiger charge is 2.17. The SMILES string of the molecule is O=S(=O)(Nc1ncc[nH]1)c1ccccc1Cl. The van der Waals surface area contributed by atoms with Crippen LogP contribution in [0.25, 0.3) is 0 Å². The van der Waals surface area contributed by atoms with Crippen molar-refractivity contribution in [1.82, 2.24) is 9.97 Å². The molecule has 5 nitrogen and oxygen atoms in total. The van der Waals surface area contributed by atoms with E-state index in [4.69, 9.17) is 11.6 Å². The summed E-state index contributed by atoms with van der Waals surface area (Å²) < 4.78 is 26.0. The van der Waals surface area contributed by atoms with Crippen molar-refractivity contribution in [3.63, 3.8) is 0 Å². The van der Waals surface area contributed by atoms with Crippen molar-refractivity contribution in [2.24, 2.45) is 0 Å². The Morgan fingerprint density at radius 2 is 2.06 bits per heavy atom. The first-order chi connectivity index (χ1) is 7.59. The Labute approximate surface area is 97.5 Å². The van der Waals surface area contributed by atoms with Crippen LogP contribution in [0, 0.1) is 0 Å². The van der Waals surface area contributed by atoms with Crippen molar-refractivity contribution >= 4 is 27.6 Å². The number of anilines is 1. The van der Waals surface area contributed by atoms with Crippen molar-refractivity contribution in [1.29, 1.82) is 0 Å². The highest BCUT2D eigenvalue weighted by Crippen LogP contribution is 2.21. The quantitative estimate of drug-likeness (QED) is 0.881. The van der Waals surface area contributed by atoms with E-state index in [9.17, 15) is 8.42 Å². The van der Waals surface area contributed by atoms with Gasteiger partial charge in [0.05, 0.1) is 5.02 Å². The van der Waals surface area contributed by atoms with Crippen LogP contribution in [0.15, 0.2) is 41.6 Å². The molecule has 1 heterocycles. The van der Waals surface area contributed by atoms with Crippen molar-refractivity contribution in [3.05, 3.63) is 41.7 Å². The van der Waals surface area contributed by atoms with Gasteiger partial charge in [-0.25, -0.2) is 18.1 Å². The van der Waals surface area contributed by atoms with Gasteiger partial charge in [0.2, 0.25) is 5.95 Å². The molecule has 1 aromatic heterocycles. The summed E-state index contributed by atoms with van der Waals surface area (Å²) in [5.74, 6) is 0.153. The van der Waals surface area contributed by atoms with Crippen molar-refractivity contribution in [3.8, 4) is 0 Å². The third kappa shape index (κ3) is 2.17. The van der Waals surface area contributed by atoms with Gasteiger partial charge in [-0.05, 0) is 12.1 Å². The van der Waals surface area contributed by atoms with E-state index in [2.05, 4.69) is 14.7 Å². The molecule has 0 saturated heterocycles. The number of rotatable bonds is 3. The summed E-state index contributed by atoms with van der Waals surface area (Å²) in [6.45, 7) is 0. The van der Waals surface area contributed by atoms with Gasteiger partial charge in [0.15, 0.2) is 0 Å². The second kappa shape index (κ2) is 4.15. The molecular weight excluding hydrogens is 250 g/mol. The number of hydrogen-bond acceptors (Lipinski definition) is 3. The number of nitrogens with one attached hydrogen (secondary N) is 2. The number of H-pyrrole nitrogens is 1. The number of sulfonamides is 1. The monoisotopic (exact) mass is 257 g/mol. The van der Waals surface area contributed by atoms with Crippen molar-refractivity contribution in [2.45, 2.75) is 4.90 Å². The summed E-state index contributed by atoms with van der Waals surface area (Å²) in [4.78, 5) is 6.43. The molecule has 0 aliphatic rings. The number of imidazole rings is 1. The minimum atomic E-state index is -3.69. The fourth-order valence-corrected chi connectivity index (χ4v) is 2.67. The number of hydrogen-bond donors (Lipinski definition) is 2. The van der Waals surface area contributed by atoms with Gasteiger partial charge in [-0.2, -0.15) is 0 Å². The lowest BCUT2D eigenvalue weighted by atomic mass is 10.4. The summed E-state index contributed by atoms with van der Waals surface area (Å²) in [6.07, 6.45) is 2.97. The molecule has 0 spiro atoms. The molecule has 0 aliphatic heterocycles. The lowest BCUT2D eigenvalue weighted by Gasteiger charge is -2.06. The summed E-state index contributed by atoms with van der Waals surface area (Å²) >= 11 is 5.80. The van der Waals surface area contributed by atoms with Gasteiger partial charge in [-0.15, -0.1) is 0 Å². The molecule has 0 atom stereocenters. The number of benzene rings is 1. The molecule has 0 radical (unpaired) electrons. The molecule has 2 rings (SSSR count). The lowest BCUT2D eigenvalue weighted by Crippen LogP contribution is -2.14. The Balaban J connectivity index is 2.37. The van der Waals surface area contributed by atoms with Gasteiger partial charge in [0.25, 0.3) is 10.0 Å². The van der Waals surface area contributed by atoms with E-state index in [0.717, 1.165) is 0 Å². The van der Waals surface area contributed by atoms with Crippen LogP contribution >= 0.6 is 11.6 Å². The van der Waals surface area contributed by atoms with Crippen LogP contribution in [0.2, 0.25) is 5.02 Å². The Hall–Kier alpha value is -1.53. The molecule has 0 unspecified atom stereocenters. The summed E-state index contributed by atoms with van der Waals surface area (Å²) in [7, 11) is -3.69. The van der Waals surface area contributed by atoms with Gasteiger partial charge < -0.3 is 4.98 Å². The van der Waals surface area contributed by atoms with Gasteiger partial charge in [0, 0.05) is 12.4 Å². The highest BCUT2D eigenvalue weighted by atomic mass is 35.5. The van der Waals surface area contributed by atoms with Crippen LogP contribution in [0.1, 0.15) is 0 Å². The van der Waals surface area contributed by atoms with Crippen LogP contribution in [0.5, 0.6) is 0 Å². The summed E-state index contributed by atoms with van der Waals surface area (Å²) in [6, 6.07) is 6.20. The van der Waals surface area contributed by atoms with E-state index in [1.165, 1.54) is 24.5 Å². The minimum absolute atomic E-state index is 0.0214. The maximum atomic E-state index is 11.9. The molecular formula is C9H8ClN3O2S.